The summed E-state index contributed by atoms with van der Waals surface area (Å²) in [7, 11) is 0. The predicted molar refractivity (Wildman–Crippen MR) is 130 cm³/mol. The molecule has 0 saturated carbocycles. The summed E-state index contributed by atoms with van der Waals surface area (Å²) in [4.78, 5) is 30.7. The zero-order valence-corrected chi connectivity index (χ0v) is 20.0. The molecule has 3 aromatic heterocycles. The highest BCUT2D eigenvalue weighted by Gasteiger charge is 2.45. The van der Waals surface area contributed by atoms with Gasteiger partial charge in [-0.15, -0.1) is 0 Å². The lowest BCUT2D eigenvalue weighted by atomic mass is 9.86. The molecule has 178 valence electrons. The molecule has 7 nitrogen and oxygen atoms in total. The highest BCUT2D eigenvalue weighted by atomic mass is 32.1. The number of hydrogen-bond acceptors (Lipinski definition) is 7. The third-order valence-corrected chi connectivity index (χ3v) is 7.99. The lowest BCUT2D eigenvalue weighted by molar-refractivity contribution is -0.172. The van der Waals surface area contributed by atoms with E-state index >= 15 is 4.39 Å². The average molecular weight is 492 g/mol. The van der Waals surface area contributed by atoms with Crippen LogP contribution in [0.5, 0.6) is 0 Å². The minimum atomic E-state index is -1.91. The second kappa shape index (κ2) is 7.55. The zero-order valence-electron chi connectivity index (χ0n) is 19.1. The molecule has 1 atom stereocenters. The molecule has 9 heteroatoms. The standard InChI is InChI=1S/C26H22FN3O4S/c1-3-26(33)17-6-20-23-15(9-30(20)24(31)16(17)10-34-25(26)32)14(8-28)22-19(29-23)7-18(27)12(2)21(22)13-4-5-35-11-13/h4-7,11,33H,3,8-10,28H2,1-2H3/t26-/m0/s1. The lowest BCUT2D eigenvalue weighted by Crippen LogP contribution is -2.44. The number of rotatable bonds is 3. The fourth-order valence-corrected chi connectivity index (χ4v) is 6.04. The van der Waals surface area contributed by atoms with Gasteiger partial charge in [0.1, 0.15) is 12.4 Å². The highest BCUT2D eigenvalue weighted by Crippen LogP contribution is 2.43. The number of esters is 1. The Bertz CT molecular complexity index is 1630. The maximum Gasteiger partial charge on any atom is 0.343 e. The number of aliphatic hydroxyl groups is 1. The van der Waals surface area contributed by atoms with Gasteiger partial charge in [-0.05, 0) is 58.5 Å². The van der Waals surface area contributed by atoms with E-state index in [4.69, 9.17) is 15.5 Å². The Kier molecular flexibility index (Phi) is 4.76. The molecule has 5 heterocycles. The molecule has 0 spiro atoms. The molecule has 6 rings (SSSR count). The van der Waals surface area contributed by atoms with Crippen molar-refractivity contribution in [3.63, 3.8) is 0 Å². The maximum absolute atomic E-state index is 15.1. The summed E-state index contributed by atoms with van der Waals surface area (Å²) < 4.78 is 21.8. The van der Waals surface area contributed by atoms with Gasteiger partial charge < -0.3 is 20.1 Å². The summed E-state index contributed by atoms with van der Waals surface area (Å²) >= 11 is 1.52. The van der Waals surface area contributed by atoms with Crippen molar-refractivity contribution in [2.45, 2.75) is 45.6 Å². The molecule has 3 N–H and O–H groups in total. The molecular formula is C26H22FN3O4S. The van der Waals surface area contributed by atoms with Crippen molar-refractivity contribution >= 4 is 28.2 Å². The van der Waals surface area contributed by atoms with Crippen molar-refractivity contribution in [3.8, 4) is 22.5 Å². The number of carbonyl (C=O) groups excluding carboxylic acids is 1. The van der Waals surface area contributed by atoms with Gasteiger partial charge in [-0.25, -0.2) is 14.2 Å². The summed E-state index contributed by atoms with van der Waals surface area (Å²) in [6.07, 6.45) is 0.0578. The molecule has 1 aromatic carbocycles. The Morgan fingerprint density at radius 1 is 1.31 bits per heavy atom. The van der Waals surface area contributed by atoms with Crippen LogP contribution >= 0.6 is 11.3 Å². The molecule has 0 bridgehead atoms. The number of hydrogen-bond donors (Lipinski definition) is 2. The number of benzene rings is 1. The smallest absolute Gasteiger partial charge is 0.343 e. The third-order valence-electron chi connectivity index (χ3n) is 7.30. The fraction of sp³-hybridized carbons (Fsp3) is 0.269. The van der Waals surface area contributed by atoms with Gasteiger partial charge in [-0.1, -0.05) is 6.92 Å². The fourth-order valence-electron chi connectivity index (χ4n) is 5.40. The molecule has 35 heavy (non-hydrogen) atoms. The zero-order chi connectivity index (χ0) is 24.6. The Labute approximate surface area is 203 Å². The van der Waals surface area contributed by atoms with Crippen LogP contribution in [0.2, 0.25) is 0 Å². The van der Waals surface area contributed by atoms with Crippen LogP contribution in [0.15, 0.2) is 33.8 Å². The summed E-state index contributed by atoms with van der Waals surface area (Å²) in [5.41, 5.74) is 9.67. The van der Waals surface area contributed by atoms with Gasteiger partial charge >= 0.3 is 5.97 Å². The SMILES string of the molecule is CC[C@@]1(O)C(=O)OCc2c1cc1n(c2=O)Cc2c-1nc1cc(F)c(C)c(-c3ccsc3)c1c2CN. The van der Waals surface area contributed by atoms with Crippen LogP contribution in [-0.4, -0.2) is 20.6 Å². The second-order valence-electron chi connectivity index (χ2n) is 8.99. The first-order valence-electron chi connectivity index (χ1n) is 11.3. The van der Waals surface area contributed by atoms with E-state index < -0.39 is 11.6 Å². The predicted octanol–water partition coefficient (Wildman–Crippen LogP) is 3.71. The number of fused-ring (bicyclic) bond motifs is 5. The third kappa shape index (κ3) is 2.86. The van der Waals surface area contributed by atoms with Gasteiger partial charge in [-0.2, -0.15) is 11.3 Å². The van der Waals surface area contributed by atoms with Gasteiger partial charge in [0.05, 0.1) is 29.0 Å². The molecule has 0 radical (unpaired) electrons. The van der Waals surface area contributed by atoms with Crippen LogP contribution in [0, 0.1) is 12.7 Å². The van der Waals surface area contributed by atoms with Crippen LogP contribution in [0.3, 0.4) is 0 Å². The number of halogens is 1. The summed E-state index contributed by atoms with van der Waals surface area (Å²) in [5.74, 6) is -1.15. The van der Waals surface area contributed by atoms with Crippen LogP contribution in [0.25, 0.3) is 33.4 Å². The summed E-state index contributed by atoms with van der Waals surface area (Å²) in [5, 5.41) is 15.7. The molecule has 0 fully saturated rings. The largest absolute Gasteiger partial charge is 0.458 e. The minimum absolute atomic E-state index is 0.0578. The molecule has 0 saturated heterocycles. The Hall–Kier alpha value is -3.40. The maximum atomic E-state index is 15.1. The summed E-state index contributed by atoms with van der Waals surface area (Å²) in [6.45, 7) is 3.62. The number of cyclic esters (lactones) is 1. The Morgan fingerprint density at radius 2 is 2.11 bits per heavy atom. The second-order valence-corrected chi connectivity index (χ2v) is 9.77. The normalized spacial score (nSPS) is 18.4. The Balaban J connectivity index is 1.69. The van der Waals surface area contributed by atoms with Crippen molar-refractivity contribution in [3.05, 3.63) is 72.9 Å². The topological polar surface area (TPSA) is 107 Å². The van der Waals surface area contributed by atoms with E-state index in [2.05, 4.69) is 0 Å². The summed E-state index contributed by atoms with van der Waals surface area (Å²) in [6, 6.07) is 4.99. The van der Waals surface area contributed by atoms with E-state index in [0.717, 1.165) is 27.6 Å². The van der Waals surface area contributed by atoms with Crippen molar-refractivity contribution < 1.29 is 19.0 Å². The number of ether oxygens (including phenoxy) is 1. The van der Waals surface area contributed by atoms with Crippen LogP contribution < -0.4 is 11.3 Å². The van der Waals surface area contributed by atoms with Crippen molar-refractivity contribution in [1.29, 1.82) is 0 Å². The molecule has 4 aromatic rings. The van der Waals surface area contributed by atoms with Gasteiger partial charge in [0.2, 0.25) is 0 Å². The molecule has 2 aliphatic rings. The van der Waals surface area contributed by atoms with Crippen molar-refractivity contribution in [2.24, 2.45) is 5.73 Å². The van der Waals surface area contributed by atoms with Gasteiger partial charge in [0.25, 0.3) is 5.56 Å². The van der Waals surface area contributed by atoms with Crippen LogP contribution in [-0.2, 0) is 34.8 Å². The average Bonchev–Trinajstić information content (AvgIpc) is 3.50. The van der Waals surface area contributed by atoms with Crippen LogP contribution in [0.4, 0.5) is 4.39 Å². The quantitative estimate of drug-likeness (QED) is 0.373. The number of nitrogens with zero attached hydrogens (tertiary/aromatic N) is 2. The van der Waals surface area contributed by atoms with Gasteiger partial charge in [-0.3, -0.25) is 4.79 Å². The molecular weight excluding hydrogens is 469 g/mol. The molecule has 0 unspecified atom stereocenters. The van der Waals surface area contributed by atoms with Gasteiger partial charge in [0.15, 0.2) is 5.60 Å². The van der Waals surface area contributed by atoms with E-state index in [9.17, 15) is 14.7 Å². The monoisotopic (exact) mass is 491 g/mol. The van der Waals surface area contributed by atoms with E-state index in [0.29, 0.717) is 22.5 Å². The van der Waals surface area contributed by atoms with Crippen molar-refractivity contribution in [2.75, 3.05) is 0 Å². The molecule has 0 amide bonds. The van der Waals surface area contributed by atoms with E-state index in [1.165, 1.54) is 17.4 Å². The minimum Gasteiger partial charge on any atom is -0.458 e. The number of carbonyl (C=O) groups is 1. The lowest BCUT2D eigenvalue weighted by Gasteiger charge is -2.31. The first-order valence-corrected chi connectivity index (χ1v) is 12.3. The van der Waals surface area contributed by atoms with E-state index in [1.807, 2.05) is 16.8 Å². The van der Waals surface area contributed by atoms with E-state index in [1.54, 1.807) is 24.5 Å². The number of thiophene rings is 1. The van der Waals surface area contributed by atoms with Crippen molar-refractivity contribution in [1.82, 2.24) is 9.55 Å². The first-order chi connectivity index (χ1) is 16.8. The molecule has 0 aliphatic carbocycles. The Morgan fingerprint density at radius 3 is 2.80 bits per heavy atom. The highest BCUT2D eigenvalue weighted by molar-refractivity contribution is 7.08. The molecule has 2 aliphatic heterocycles. The van der Waals surface area contributed by atoms with Crippen LogP contribution in [0.1, 0.15) is 41.2 Å². The number of pyridine rings is 2. The number of nitrogens with two attached hydrogens (primary N) is 1. The first kappa shape index (κ1) is 22.1. The number of aromatic nitrogens is 2. The van der Waals surface area contributed by atoms with E-state index in [-0.39, 0.29) is 48.6 Å². The van der Waals surface area contributed by atoms with Gasteiger partial charge in [0, 0.05) is 29.1 Å².